The molecule has 0 aliphatic rings. The molecule has 0 spiro atoms. The number of terminal acetylenes is 1. The topological polar surface area (TPSA) is 20.2 Å². The smallest absolute Gasteiger partial charge is 0.0969 e. The number of aliphatic hydroxyl groups is 1. The molecule has 110 valence electrons. The Morgan fingerprint density at radius 1 is 1.43 bits per heavy atom. The van der Waals surface area contributed by atoms with E-state index in [0.717, 1.165) is 35.1 Å². The van der Waals surface area contributed by atoms with Crippen molar-refractivity contribution in [1.29, 1.82) is 0 Å². The molecule has 0 heterocycles. The van der Waals surface area contributed by atoms with Crippen molar-refractivity contribution in [2.75, 3.05) is 0 Å². The van der Waals surface area contributed by atoms with Gasteiger partial charge in [0, 0.05) is 6.42 Å². The van der Waals surface area contributed by atoms with Gasteiger partial charge in [-0.3, -0.25) is 0 Å². The number of hydrogen-bond acceptors (Lipinski definition) is 1. The Morgan fingerprint density at radius 2 is 2.14 bits per heavy atom. The van der Waals surface area contributed by atoms with Crippen LogP contribution in [0.2, 0.25) is 0 Å². The second kappa shape index (κ2) is 8.17. The molecule has 0 aromatic heterocycles. The molecule has 0 aliphatic heterocycles. The maximum absolute atomic E-state index is 10.2. The number of aryl methyl sites for hydroxylation is 1. The van der Waals surface area contributed by atoms with E-state index in [-0.39, 0.29) is 0 Å². The van der Waals surface area contributed by atoms with Gasteiger partial charge in [-0.05, 0) is 49.1 Å². The van der Waals surface area contributed by atoms with E-state index >= 15 is 0 Å². The van der Waals surface area contributed by atoms with Gasteiger partial charge < -0.3 is 5.11 Å². The molecule has 0 amide bonds. The van der Waals surface area contributed by atoms with Crippen LogP contribution in [0, 0.1) is 19.3 Å². The van der Waals surface area contributed by atoms with Crippen molar-refractivity contribution in [2.24, 2.45) is 0 Å². The highest BCUT2D eigenvalue weighted by atomic mass is 16.3. The van der Waals surface area contributed by atoms with E-state index in [2.05, 4.69) is 37.6 Å². The number of allylic oxidation sites excluding steroid dienone is 5. The minimum Gasteiger partial charge on any atom is -0.512 e. The lowest BCUT2D eigenvalue weighted by Crippen LogP contribution is -1.97. The largest absolute Gasteiger partial charge is 0.512 e. The third-order valence-electron chi connectivity index (χ3n) is 3.25. The molecule has 0 saturated heterocycles. The minimum atomic E-state index is 0.332. The molecule has 1 aromatic carbocycles. The summed E-state index contributed by atoms with van der Waals surface area (Å²) in [6, 6.07) is 6.22. The van der Waals surface area contributed by atoms with Crippen LogP contribution in [0.3, 0.4) is 0 Å². The molecule has 0 radical (unpaired) electrons. The van der Waals surface area contributed by atoms with Gasteiger partial charge in [-0.15, -0.1) is 6.42 Å². The van der Waals surface area contributed by atoms with Crippen molar-refractivity contribution in [2.45, 2.75) is 40.0 Å². The summed E-state index contributed by atoms with van der Waals surface area (Å²) < 4.78 is 0. The van der Waals surface area contributed by atoms with Crippen LogP contribution in [-0.4, -0.2) is 5.11 Å². The Bertz CT molecular complexity index is 609. The number of benzene rings is 1. The fraction of sp³-hybridized carbons (Fsp3) is 0.300. The lowest BCUT2D eigenvalue weighted by Gasteiger charge is -2.11. The van der Waals surface area contributed by atoms with Crippen molar-refractivity contribution in [3.63, 3.8) is 0 Å². The zero-order valence-corrected chi connectivity index (χ0v) is 13.2. The van der Waals surface area contributed by atoms with Gasteiger partial charge in [0.25, 0.3) is 0 Å². The van der Waals surface area contributed by atoms with Crippen LogP contribution in [0.4, 0.5) is 0 Å². The molecule has 1 N–H and O–H groups in total. The first-order valence-electron chi connectivity index (χ1n) is 7.28. The first-order chi connectivity index (χ1) is 9.97. The maximum Gasteiger partial charge on any atom is 0.0969 e. The highest BCUT2D eigenvalue weighted by molar-refractivity contribution is 5.65. The molecule has 1 nitrogen and oxygen atoms in total. The number of hydrogen-bond donors (Lipinski definition) is 1. The van der Waals surface area contributed by atoms with Crippen LogP contribution in [0.5, 0.6) is 0 Å². The van der Waals surface area contributed by atoms with E-state index in [4.69, 9.17) is 6.42 Å². The Balaban J connectivity index is 3.05. The fourth-order valence-corrected chi connectivity index (χ4v) is 2.33. The first-order valence-corrected chi connectivity index (χ1v) is 7.28. The normalized spacial score (nSPS) is 12.1. The summed E-state index contributed by atoms with van der Waals surface area (Å²) in [5, 5.41) is 10.2. The van der Waals surface area contributed by atoms with Crippen molar-refractivity contribution < 1.29 is 5.11 Å². The highest BCUT2D eigenvalue weighted by Crippen LogP contribution is 2.22. The first kappa shape index (κ1) is 16.9. The third-order valence-corrected chi connectivity index (χ3v) is 3.25. The maximum atomic E-state index is 10.2. The zero-order valence-electron chi connectivity index (χ0n) is 13.2. The second-order valence-electron chi connectivity index (χ2n) is 5.39. The second-order valence-corrected chi connectivity index (χ2v) is 5.39. The molecular formula is C20H24O. The Kier molecular flexibility index (Phi) is 6.56. The van der Waals surface area contributed by atoms with E-state index in [0.29, 0.717) is 12.2 Å². The standard InChI is InChI=1S/C20H24O/c1-6-8-17(9-7-2)13-19(21)14-18-12-16(5)10-11-20(18)15(3)4/h1,8,10-13,21H,3,7,9,14H2,2,4-5H3/b17-8-,19-13+. The Morgan fingerprint density at radius 3 is 2.71 bits per heavy atom. The molecule has 21 heavy (non-hydrogen) atoms. The molecule has 0 atom stereocenters. The molecule has 1 rings (SSSR count). The summed E-state index contributed by atoms with van der Waals surface area (Å²) in [6.45, 7) is 10.1. The lowest BCUT2D eigenvalue weighted by molar-refractivity contribution is 0.398. The number of aliphatic hydroxyl groups excluding tert-OH is 1. The monoisotopic (exact) mass is 280 g/mol. The van der Waals surface area contributed by atoms with Gasteiger partial charge in [0.15, 0.2) is 0 Å². The van der Waals surface area contributed by atoms with Gasteiger partial charge in [0.05, 0.1) is 5.76 Å². The molecule has 0 unspecified atom stereocenters. The minimum absolute atomic E-state index is 0.332. The quantitative estimate of drug-likeness (QED) is 0.422. The Hall–Kier alpha value is -2.20. The summed E-state index contributed by atoms with van der Waals surface area (Å²) in [4.78, 5) is 0. The van der Waals surface area contributed by atoms with Gasteiger partial charge >= 0.3 is 0 Å². The predicted octanol–water partition coefficient (Wildman–Crippen LogP) is 5.37. The van der Waals surface area contributed by atoms with Crippen molar-refractivity contribution in [1.82, 2.24) is 0 Å². The van der Waals surface area contributed by atoms with Gasteiger partial charge in [-0.25, -0.2) is 0 Å². The molecular weight excluding hydrogens is 256 g/mol. The van der Waals surface area contributed by atoms with Crippen LogP contribution in [-0.2, 0) is 6.42 Å². The average Bonchev–Trinajstić information content (AvgIpc) is 2.38. The third kappa shape index (κ3) is 5.36. The molecule has 1 heteroatoms. The fourth-order valence-electron chi connectivity index (χ4n) is 2.33. The SMILES string of the molecule is C#C/C=C(\C=C(\O)Cc1cc(C)ccc1C(=C)C)CCC. The van der Waals surface area contributed by atoms with Crippen LogP contribution < -0.4 is 0 Å². The van der Waals surface area contributed by atoms with Crippen molar-refractivity contribution >= 4 is 5.57 Å². The van der Waals surface area contributed by atoms with Crippen LogP contribution >= 0.6 is 0 Å². The van der Waals surface area contributed by atoms with E-state index < -0.39 is 0 Å². The van der Waals surface area contributed by atoms with Gasteiger partial charge in [0.2, 0.25) is 0 Å². The summed E-state index contributed by atoms with van der Waals surface area (Å²) in [7, 11) is 0. The summed E-state index contributed by atoms with van der Waals surface area (Å²) in [6.07, 6.45) is 11.2. The molecule has 1 aromatic rings. The summed E-state index contributed by atoms with van der Waals surface area (Å²) >= 11 is 0. The van der Waals surface area contributed by atoms with Gasteiger partial charge in [0.1, 0.15) is 0 Å². The van der Waals surface area contributed by atoms with Crippen molar-refractivity contribution in [3.8, 4) is 12.3 Å². The molecule has 0 aliphatic carbocycles. The van der Waals surface area contributed by atoms with Gasteiger partial charge in [-0.2, -0.15) is 0 Å². The van der Waals surface area contributed by atoms with Gasteiger partial charge in [-0.1, -0.05) is 55.2 Å². The molecule has 0 fully saturated rings. The molecule has 0 saturated carbocycles. The number of rotatable bonds is 6. The van der Waals surface area contributed by atoms with E-state index in [1.807, 2.05) is 13.8 Å². The summed E-state index contributed by atoms with van der Waals surface area (Å²) in [5.74, 6) is 2.86. The van der Waals surface area contributed by atoms with Crippen LogP contribution in [0.25, 0.3) is 5.57 Å². The highest BCUT2D eigenvalue weighted by Gasteiger charge is 2.06. The van der Waals surface area contributed by atoms with E-state index in [1.165, 1.54) is 5.56 Å². The summed E-state index contributed by atoms with van der Waals surface area (Å²) in [5.41, 5.74) is 5.36. The zero-order chi connectivity index (χ0) is 15.8. The van der Waals surface area contributed by atoms with E-state index in [1.54, 1.807) is 12.2 Å². The lowest BCUT2D eigenvalue weighted by atomic mass is 9.96. The average molecular weight is 280 g/mol. The van der Waals surface area contributed by atoms with Crippen molar-refractivity contribution in [3.05, 3.63) is 65.0 Å². The van der Waals surface area contributed by atoms with Crippen LogP contribution in [0.15, 0.2) is 48.3 Å². The van der Waals surface area contributed by atoms with Crippen LogP contribution in [0.1, 0.15) is 43.4 Å². The van der Waals surface area contributed by atoms with E-state index in [9.17, 15) is 5.11 Å². The molecule has 0 bridgehead atoms. The Labute approximate surface area is 128 Å². The predicted molar refractivity (Wildman–Crippen MR) is 92.1 cm³/mol.